The summed E-state index contributed by atoms with van der Waals surface area (Å²) >= 11 is 0. The second-order valence-electron chi connectivity index (χ2n) is 7.95. The molecular formula is C20H26N2O8S. The molecule has 170 valence electrons. The van der Waals surface area contributed by atoms with Crippen LogP contribution in [-0.2, 0) is 24.3 Å². The number of sulfonamides is 1. The van der Waals surface area contributed by atoms with Gasteiger partial charge in [0.2, 0.25) is 0 Å². The first-order valence-electron chi connectivity index (χ1n) is 9.72. The molecular weight excluding hydrogens is 428 g/mol. The highest BCUT2D eigenvalue weighted by molar-refractivity contribution is 7.89. The van der Waals surface area contributed by atoms with E-state index in [2.05, 4.69) is 0 Å². The molecule has 0 saturated carbocycles. The molecule has 0 radical (unpaired) electrons. The number of benzene rings is 1. The molecule has 2 rings (SSSR count). The zero-order valence-electron chi connectivity index (χ0n) is 17.8. The molecule has 1 aromatic rings. The number of non-ortho nitro benzene ring substituents is 1. The number of carbonyl (C=O) groups excluding carboxylic acids is 2. The lowest BCUT2D eigenvalue weighted by molar-refractivity contribution is -0.384. The largest absolute Gasteiger partial charge is 0.466 e. The van der Waals surface area contributed by atoms with Crippen molar-refractivity contribution in [1.82, 2.24) is 4.31 Å². The molecule has 0 heterocycles. The molecule has 1 aromatic carbocycles. The molecule has 0 aliphatic heterocycles. The van der Waals surface area contributed by atoms with Gasteiger partial charge >= 0.3 is 12.1 Å². The SMILES string of the molecule is CCOC(=O)[C@@H]1CC=C[C@@H](N(C(=O)OC(C)(C)C)S(=O)(=O)c2ccc([N+](=O)[O-])cc2)C1. The summed E-state index contributed by atoms with van der Waals surface area (Å²) in [6, 6.07) is 3.20. The highest BCUT2D eigenvalue weighted by Gasteiger charge is 2.41. The van der Waals surface area contributed by atoms with E-state index in [0.29, 0.717) is 10.7 Å². The fourth-order valence-corrected chi connectivity index (χ4v) is 4.52. The van der Waals surface area contributed by atoms with E-state index in [-0.39, 0.29) is 23.6 Å². The van der Waals surface area contributed by atoms with Crippen LogP contribution in [0.1, 0.15) is 40.5 Å². The molecule has 1 aliphatic carbocycles. The predicted molar refractivity (Wildman–Crippen MR) is 111 cm³/mol. The summed E-state index contributed by atoms with van der Waals surface area (Å²) < 4.78 is 37.6. The van der Waals surface area contributed by atoms with Gasteiger partial charge in [-0.25, -0.2) is 13.2 Å². The number of nitrogens with zero attached hydrogens (tertiary/aromatic N) is 2. The van der Waals surface area contributed by atoms with Crippen molar-refractivity contribution < 1.29 is 32.4 Å². The summed E-state index contributed by atoms with van der Waals surface area (Å²) in [6.45, 7) is 6.64. The molecule has 0 aromatic heterocycles. The van der Waals surface area contributed by atoms with Crippen molar-refractivity contribution >= 4 is 27.8 Å². The molecule has 0 spiro atoms. The van der Waals surface area contributed by atoms with Gasteiger partial charge in [-0.05, 0) is 52.7 Å². The molecule has 2 atom stereocenters. The minimum absolute atomic E-state index is 0.0286. The normalized spacial score (nSPS) is 18.8. The number of ether oxygens (including phenoxy) is 2. The summed E-state index contributed by atoms with van der Waals surface area (Å²) in [7, 11) is -4.44. The lowest BCUT2D eigenvalue weighted by Gasteiger charge is -2.34. The van der Waals surface area contributed by atoms with Gasteiger partial charge in [0, 0.05) is 12.1 Å². The average Bonchev–Trinajstić information content (AvgIpc) is 2.67. The number of carbonyl (C=O) groups is 2. The maximum Gasteiger partial charge on any atom is 0.424 e. The number of allylic oxidation sites excluding steroid dienone is 1. The molecule has 0 bridgehead atoms. The number of nitro groups is 1. The molecule has 0 N–H and O–H groups in total. The Bertz CT molecular complexity index is 964. The first kappa shape index (κ1) is 24.3. The molecule has 31 heavy (non-hydrogen) atoms. The van der Waals surface area contributed by atoms with Gasteiger partial charge in [0.1, 0.15) is 5.60 Å². The highest BCUT2D eigenvalue weighted by atomic mass is 32.2. The van der Waals surface area contributed by atoms with Gasteiger partial charge in [-0.3, -0.25) is 14.9 Å². The molecule has 10 nitrogen and oxygen atoms in total. The number of hydrogen-bond acceptors (Lipinski definition) is 8. The Balaban J connectivity index is 2.46. The van der Waals surface area contributed by atoms with E-state index in [1.165, 1.54) is 6.08 Å². The third kappa shape index (κ3) is 6.03. The zero-order chi connectivity index (χ0) is 23.4. The number of esters is 1. The topological polar surface area (TPSA) is 133 Å². The van der Waals surface area contributed by atoms with Crippen molar-refractivity contribution in [2.24, 2.45) is 5.92 Å². The Morgan fingerprint density at radius 2 is 1.84 bits per heavy atom. The van der Waals surface area contributed by atoms with Crippen molar-refractivity contribution in [3.63, 3.8) is 0 Å². The van der Waals surface area contributed by atoms with Gasteiger partial charge in [-0.15, -0.1) is 0 Å². The minimum Gasteiger partial charge on any atom is -0.466 e. The van der Waals surface area contributed by atoms with Crippen LogP contribution < -0.4 is 0 Å². The van der Waals surface area contributed by atoms with E-state index in [9.17, 15) is 28.1 Å². The van der Waals surface area contributed by atoms with Gasteiger partial charge in [-0.2, -0.15) is 4.31 Å². The van der Waals surface area contributed by atoms with Crippen molar-refractivity contribution in [2.45, 2.75) is 57.1 Å². The van der Waals surface area contributed by atoms with Gasteiger partial charge in [-0.1, -0.05) is 12.2 Å². The quantitative estimate of drug-likeness (QED) is 0.276. The maximum absolute atomic E-state index is 13.3. The fourth-order valence-electron chi connectivity index (χ4n) is 3.06. The first-order chi connectivity index (χ1) is 14.4. The Morgan fingerprint density at radius 3 is 2.35 bits per heavy atom. The molecule has 11 heteroatoms. The van der Waals surface area contributed by atoms with Gasteiger partial charge in [0.25, 0.3) is 15.7 Å². The number of nitro benzene ring substituents is 1. The van der Waals surface area contributed by atoms with Crippen LogP contribution in [0, 0.1) is 16.0 Å². The van der Waals surface area contributed by atoms with Crippen LogP contribution in [0.4, 0.5) is 10.5 Å². The van der Waals surface area contributed by atoms with Gasteiger partial charge in [0.15, 0.2) is 0 Å². The monoisotopic (exact) mass is 454 g/mol. The van der Waals surface area contributed by atoms with E-state index in [1.807, 2.05) is 0 Å². The van der Waals surface area contributed by atoms with Crippen molar-refractivity contribution in [1.29, 1.82) is 0 Å². The number of amides is 1. The van der Waals surface area contributed by atoms with Crippen molar-refractivity contribution in [3.05, 3.63) is 46.5 Å². The lowest BCUT2D eigenvalue weighted by atomic mass is 9.91. The Labute approximate surface area is 181 Å². The minimum atomic E-state index is -4.44. The van der Waals surface area contributed by atoms with E-state index < -0.39 is 44.6 Å². The Hall–Kier alpha value is -2.95. The predicted octanol–water partition coefficient (Wildman–Crippen LogP) is 3.42. The summed E-state index contributed by atoms with van der Waals surface area (Å²) in [4.78, 5) is 35.0. The van der Waals surface area contributed by atoms with Crippen LogP contribution in [0.15, 0.2) is 41.3 Å². The van der Waals surface area contributed by atoms with E-state index in [1.54, 1.807) is 33.8 Å². The summed E-state index contributed by atoms with van der Waals surface area (Å²) in [6.07, 6.45) is 2.43. The standard InChI is InChI=1S/C20H26N2O8S/c1-5-29-18(23)14-7-6-8-16(13-14)21(19(24)30-20(2,3)4)31(27,28)17-11-9-15(10-12-17)22(25)26/h6,8-12,14,16H,5,7,13H2,1-4H3/t14-,16-/m1/s1. The number of hydrogen-bond donors (Lipinski definition) is 0. The third-order valence-corrected chi connectivity index (χ3v) is 6.21. The van der Waals surface area contributed by atoms with Crippen molar-refractivity contribution in [2.75, 3.05) is 6.61 Å². The molecule has 0 unspecified atom stereocenters. The van der Waals surface area contributed by atoms with Crippen LogP contribution >= 0.6 is 0 Å². The van der Waals surface area contributed by atoms with Crippen LogP contribution in [0.25, 0.3) is 0 Å². The Kier molecular flexibility index (Phi) is 7.42. The molecule has 1 amide bonds. The van der Waals surface area contributed by atoms with E-state index in [0.717, 1.165) is 24.3 Å². The average molecular weight is 455 g/mol. The van der Waals surface area contributed by atoms with E-state index >= 15 is 0 Å². The van der Waals surface area contributed by atoms with Gasteiger partial charge < -0.3 is 9.47 Å². The fraction of sp³-hybridized carbons (Fsp3) is 0.500. The first-order valence-corrected chi connectivity index (χ1v) is 11.2. The smallest absolute Gasteiger partial charge is 0.424 e. The highest BCUT2D eigenvalue weighted by Crippen LogP contribution is 2.30. The lowest BCUT2D eigenvalue weighted by Crippen LogP contribution is -2.48. The van der Waals surface area contributed by atoms with Crippen LogP contribution in [0.2, 0.25) is 0 Å². The van der Waals surface area contributed by atoms with Gasteiger partial charge in [0.05, 0.1) is 28.4 Å². The van der Waals surface area contributed by atoms with Crippen molar-refractivity contribution in [3.8, 4) is 0 Å². The summed E-state index contributed by atoms with van der Waals surface area (Å²) in [5, 5.41) is 10.9. The summed E-state index contributed by atoms with van der Waals surface area (Å²) in [5.74, 6) is -1.10. The zero-order valence-corrected chi connectivity index (χ0v) is 18.6. The Morgan fingerprint density at radius 1 is 1.23 bits per heavy atom. The molecule has 1 aliphatic rings. The van der Waals surface area contributed by atoms with E-state index in [4.69, 9.17) is 9.47 Å². The maximum atomic E-state index is 13.3. The summed E-state index contributed by atoms with van der Waals surface area (Å²) in [5.41, 5.74) is -1.26. The number of rotatable bonds is 6. The van der Waals surface area contributed by atoms with Crippen LogP contribution in [0.5, 0.6) is 0 Å². The van der Waals surface area contributed by atoms with Crippen LogP contribution in [-0.4, -0.2) is 48.0 Å². The van der Waals surface area contributed by atoms with Crippen LogP contribution in [0.3, 0.4) is 0 Å². The second kappa shape index (κ2) is 9.46. The molecule has 0 saturated heterocycles. The third-order valence-electron chi connectivity index (χ3n) is 4.40. The molecule has 0 fully saturated rings. The second-order valence-corrected chi connectivity index (χ2v) is 9.76.